The van der Waals surface area contributed by atoms with Crippen LogP contribution in [0.3, 0.4) is 0 Å². The van der Waals surface area contributed by atoms with Crippen LogP contribution in [0.4, 0.5) is 0 Å². The second-order valence-electron chi connectivity index (χ2n) is 12.5. The van der Waals surface area contributed by atoms with Gasteiger partial charge in [0.05, 0.1) is 32.5 Å². The smallest absolute Gasteiger partial charge is 0.222 e. The fourth-order valence-electron chi connectivity index (χ4n) is 5.47. The van der Waals surface area contributed by atoms with Crippen molar-refractivity contribution in [1.29, 1.82) is 0 Å². The normalized spacial score (nSPS) is 22.0. The Kier molecular flexibility index (Phi) is 20.9. The van der Waals surface area contributed by atoms with E-state index in [1.807, 2.05) is 0 Å². The molecular weight excluding hydrogens is 598 g/mol. The number of fused-ring (bicyclic) bond motifs is 2. The first-order valence-electron chi connectivity index (χ1n) is 17.3. The molecule has 2 rings (SSSR count). The van der Waals surface area contributed by atoms with Crippen LogP contribution in [-0.4, -0.2) is 110 Å². The maximum Gasteiger partial charge on any atom is 0.222 e. The van der Waals surface area contributed by atoms with E-state index in [2.05, 4.69) is 16.0 Å². The van der Waals surface area contributed by atoms with Gasteiger partial charge in [0.2, 0.25) is 17.7 Å². The second kappa shape index (κ2) is 24.1. The summed E-state index contributed by atoms with van der Waals surface area (Å²) in [5.41, 5.74) is -1.03. The minimum Gasteiger partial charge on any atom is -0.390 e. The quantitative estimate of drug-likeness (QED) is 0.0781. The first-order valence-corrected chi connectivity index (χ1v) is 17.3. The van der Waals surface area contributed by atoms with Crippen molar-refractivity contribution in [2.75, 3.05) is 52.7 Å². The molecular formula is C33H59N3O10. The van der Waals surface area contributed by atoms with Crippen LogP contribution >= 0.6 is 0 Å². The SMILES string of the molecule is CC(=O)CCCCCCCCCCC(=O)NCCOCCC(=O)NCCCNC(=O)CCCCOC[C@]12CO[C@H](C[C@@H](O)[C@H]1O)O2. The van der Waals surface area contributed by atoms with Crippen molar-refractivity contribution in [2.45, 2.75) is 134 Å². The number of aliphatic hydroxyl groups is 2. The van der Waals surface area contributed by atoms with Crippen LogP contribution in [-0.2, 0) is 38.1 Å². The zero-order valence-corrected chi connectivity index (χ0v) is 27.9. The Morgan fingerprint density at radius 3 is 1.89 bits per heavy atom. The van der Waals surface area contributed by atoms with Crippen LogP contribution in [0.25, 0.3) is 0 Å². The topological polar surface area (TPSA) is 182 Å². The lowest BCUT2D eigenvalue weighted by Gasteiger charge is -2.38. The number of hydrogen-bond acceptors (Lipinski definition) is 10. The van der Waals surface area contributed by atoms with Crippen molar-refractivity contribution in [3.05, 3.63) is 0 Å². The maximum atomic E-state index is 12.0. The molecule has 13 heteroatoms. The van der Waals surface area contributed by atoms with Gasteiger partial charge >= 0.3 is 0 Å². The van der Waals surface area contributed by atoms with E-state index in [1.54, 1.807) is 6.92 Å². The summed E-state index contributed by atoms with van der Waals surface area (Å²) in [6.45, 7) is 4.34. The molecule has 2 fully saturated rings. The van der Waals surface area contributed by atoms with Crippen LogP contribution in [0.5, 0.6) is 0 Å². The molecule has 2 aliphatic rings. The van der Waals surface area contributed by atoms with Gasteiger partial charge in [-0.15, -0.1) is 0 Å². The molecule has 46 heavy (non-hydrogen) atoms. The average Bonchev–Trinajstić information content (AvgIpc) is 3.39. The van der Waals surface area contributed by atoms with Gasteiger partial charge in [0, 0.05) is 58.3 Å². The van der Waals surface area contributed by atoms with E-state index in [0.29, 0.717) is 71.4 Å². The molecule has 0 aromatic rings. The third kappa shape index (κ3) is 17.7. The van der Waals surface area contributed by atoms with E-state index in [0.717, 1.165) is 32.1 Å². The molecule has 0 unspecified atom stereocenters. The van der Waals surface area contributed by atoms with Gasteiger partial charge in [-0.3, -0.25) is 14.4 Å². The van der Waals surface area contributed by atoms with Crippen LogP contribution in [0.1, 0.15) is 110 Å². The van der Waals surface area contributed by atoms with Gasteiger partial charge in [0.15, 0.2) is 6.29 Å². The summed E-state index contributed by atoms with van der Waals surface area (Å²) < 4.78 is 22.2. The lowest BCUT2D eigenvalue weighted by atomic mass is 9.91. The fourth-order valence-corrected chi connectivity index (χ4v) is 5.47. The van der Waals surface area contributed by atoms with Crippen LogP contribution in [0, 0.1) is 0 Å². The Morgan fingerprint density at radius 1 is 0.674 bits per heavy atom. The van der Waals surface area contributed by atoms with Crippen LogP contribution < -0.4 is 16.0 Å². The molecule has 3 amide bonds. The summed E-state index contributed by atoms with van der Waals surface area (Å²) in [5.74, 6) is 0.116. The molecule has 0 spiro atoms. The molecule has 5 N–H and O–H groups in total. The Balaban J connectivity index is 1.29. The van der Waals surface area contributed by atoms with Gasteiger partial charge in [0.25, 0.3) is 0 Å². The van der Waals surface area contributed by atoms with Crippen molar-refractivity contribution >= 4 is 23.5 Å². The summed E-state index contributed by atoms with van der Waals surface area (Å²) in [4.78, 5) is 46.8. The summed E-state index contributed by atoms with van der Waals surface area (Å²) in [6, 6.07) is 0. The number of nitrogens with one attached hydrogen (secondary N) is 3. The highest BCUT2D eigenvalue weighted by Crippen LogP contribution is 2.36. The van der Waals surface area contributed by atoms with E-state index in [1.165, 1.54) is 19.3 Å². The molecule has 0 saturated carbocycles. The number of unbranched alkanes of at least 4 members (excludes halogenated alkanes) is 8. The van der Waals surface area contributed by atoms with Crippen LogP contribution in [0.2, 0.25) is 0 Å². The predicted octanol–water partition coefficient (Wildman–Crippen LogP) is 2.05. The molecule has 2 aliphatic heterocycles. The number of carbonyl (C=O) groups excluding carboxylic acids is 4. The van der Waals surface area contributed by atoms with Crippen molar-refractivity contribution in [3.8, 4) is 0 Å². The Hall–Kier alpha value is -2.16. The summed E-state index contributed by atoms with van der Waals surface area (Å²) in [6.07, 6.45) is 10.3. The average molecular weight is 658 g/mol. The van der Waals surface area contributed by atoms with Gasteiger partial charge < -0.3 is 49.9 Å². The first-order chi connectivity index (χ1) is 22.2. The monoisotopic (exact) mass is 657 g/mol. The Bertz CT molecular complexity index is 892. The number of aliphatic hydroxyl groups excluding tert-OH is 2. The Labute approximate surface area is 274 Å². The van der Waals surface area contributed by atoms with Crippen molar-refractivity contribution in [2.24, 2.45) is 0 Å². The van der Waals surface area contributed by atoms with Gasteiger partial charge in [-0.05, 0) is 39.0 Å². The van der Waals surface area contributed by atoms with Gasteiger partial charge in [-0.25, -0.2) is 0 Å². The van der Waals surface area contributed by atoms with Gasteiger partial charge in [-0.1, -0.05) is 38.5 Å². The molecule has 13 nitrogen and oxygen atoms in total. The van der Waals surface area contributed by atoms with E-state index in [4.69, 9.17) is 18.9 Å². The Morgan fingerprint density at radius 2 is 1.24 bits per heavy atom. The predicted molar refractivity (Wildman–Crippen MR) is 171 cm³/mol. The number of hydrogen-bond donors (Lipinski definition) is 5. The molecule has 0 aromatic heterocycles. The third-order valence-corrected chi connectivity index (χ3v) is 8.23. The van der Waals surface area contributed by atoms with E-state index in [-0.39, 0.29) is 56.2 Å². The molecule has 0 aliphatic carbocycles. The van der Waals surface area contributed by atoms with Gasteiger partial charge in [0.1, 0.15) is 17.5 Å². The number of amides is 3. The zero-order valence-electron chi connectivity index (χ0n) is 27.9. The molecule has 2 saturated heterocycles. The lowest BCUT2D eigenvalue weighted by Crippen LogP contribution is -2.57. The fraction of sp³-hybridized carbons (Fsp3) is 0.879. The number of rotatable bonds is 28. The molecule has 266 valence electrons. The highest BCUT2D eigenvalue weighted by atomic mass is 16.7. The van der Waals surface area contributed by atoms with Gasteiger partial charge in [-0.2, -0.15) is 0 Å². The molecule has 2 heterocycles. The standard InChI is InChI=1S/C33H59N3O10/c1-26(37)13-8-6-4-2-3-5-7-9-14-29(40)36-19-22-43-21-16-30(41)35-18-12-17-34-28(39)15-10-11-20-44-24-33-25-45-31(46-33)23-27(38)32(33)42/h27,31-32,38,42H,2-25H2,1H3,(H,34,39)(H,35,41)(H,36,40)/t27-,31+,32-,33+/m1/s1. The maximum absolute atomic E-state index is 12.0. The van der Waals surface area contributed by atoms with E-state index < -0.39 is 24.1 Å². The van der Waals surface area contributed by atoms with E-state index >= 15 is 0 Å². The summed E-state index contributed by atoms with van der Waals surface area (Å²) >= 11 is 0. The summed E-state index contributed by atoms with van der Waals surface area (Å²) in [7, 11) is 0. The van der Waals surface area contributed by atoms with Crippen molar-refractivity contribution < 1.29 is 48.3 Å². The van der Waals surface area contributed by atoms with E-state index in [9.17, 15) is 29.4 Å². The largest absolute Gasteiger partial charge is 0.390 e. The highest BCUT2D eigenvalue weighted by molar-refractivity contribution is 5.77. The lowest BCUT2D eigenvalue weighted by molar-refractivity contribution is -0.224. The third-order valence-electron chi connectivity index (χ3n) is 8.23. The molecule has 2 bridgehead atoms. The van der Waals surface area contributed by atoms with Crippen molar-refractivity contribution in [1.82, 2.24) is 16.0 Å². The summed E-state index contributed by atoms with van der Waals surface area (Å²) in [5, 5.41) is 28.7. The number of Topliss-reactive ketones (excluding diaryl/α,β-unsaturated/α-hetero) is 1. The number of carbonyl (C=O) groups is 4. The number of ether oxygens (including phenoxy) is 4. The highest BCUT2D eigenvalue weighted by Gasteiger charge is 2.54. The second-order valence-corrected chi connectivity index (χ2v) is 12.5. The minimum absolute atomic E-state index is 0.0259. The molecule has 4 atom stereocenters. The van der Waals surface area contributed by atoms with Crippen molar-refractivity contribution in [3.63, 3.8) is 0 Å². The first kappa shape index (κ1) is 40.0. The zero-order chi connectivity index (χ0) is 33.5. The molecule has 0 aromatic carbocycles. The number of ketones is 1. The van der Waals surface area contributed by atoms with Crippen LogP contribution in [0.15, 0.2) is 0 Å². The minimum atomic E-state index is -1.05. The molecule has 0 radical (unpaired) electrons.